The topological polar surface area (TPSA) is 29.1 Å². The van der Waals surface area contributed by atoms with Crippen molar-refractivity contribution in [2.24, 2.45) is 0 Å². The molecule has 0 atom stereocenters. The van der Waals surface area contributed by atoms with Crippen LogP contribution in [0.4, 0.5) is 0 Å². The van der Waals surface area contributed by atoms with Crippen LogP contribution in [-0.2, 0) is 0 Å². The largest absolute Gasteiger partial charge is 0.313 e. The Morgan fingerprint density at radius 3 is 2.77 bits per heavy atom. The Hall–Kier alpha value is -0.670. The van der Waals surface area contributed by atoms with Crippen molar-refractivity contribution in [3.8, 4) is 0 Å². The summed E-state index contributed by atoms with van der Waals surface area (Å²) in [4.78, 5) is 11.5. The number of Topliss-reactive ketones (excluding diaryl/α,β-unsaturated/α-hetero) is 1. The van der Waals surface area contributed by atoms with Gasteiger partial charge in [-0.05, 0) is 31.7 Å². The minimum Gasteiger partial charge on any atom is -0.313 e. The van der Waals surface area contributed by atoms with E-state index in [4.69, 9.17) is 0 Å². The Bertz CT molecular complexity index is 323. The van der Waals surface area contributed by atoms with Crippen LogP contribution in [0.15, 0.2) is 22.7 Å². The maximum Gasteiger partial charge on any atom is 0.177 e. The molecule has 1 aromatic rings. The molecule has 0 bridgehead atoms. The lowest BCUT2D eigenvalue weighted by molar-refractivity contribution is 0.0993. The molecule has 0 unspecified atom stereocenters. The van der Waals surface area contributed by atoms with Crippen molar-refractivity contribution in [2.75, 3.05) is 13.6 Å². The first-order chi connectivity index (χ1) is 6.15. The summed E-state index contributed by atoms with van der Waals surface area (Å²) in [6.07, 6.45) is 0. The van der Waals surface area contributed by atoms with Gasteiger partial charge < -0.3 is 5.32 Å². The lowest BCUT2D eigenvalue weighted by Gasteiger charge is -2.03. The number of carbonyl (C=O) groups is 1. The number of nitrogens with one attached hydrogen (secondary N) is 1. The average molecular weight is 242 g/mol. The fraction of sp³-hybridized carbons (Fsp3) is 0.300. The van der Waals surface area contributed by atoms with Gasteiger partial charge in [0.25, 0.3) is 0 Å². The second-order valence-electron chi connectivity index (χ2n) is 2.94. The second-order valence-corrected chi connectivity index (χ2v) is 3.79. The van der Waals surface area contributed by atoms with Crippen molar-refractivity contribution in [1.29, 1.82) is 0 Å². The molecule has 0 aliphatic rings. The minimum atomic E-state index is 0.106. The van der Waals surface area contributed by atoms with Gasteiger partial charge in [-0.25, -0.2) is 0 Å². The second kappa shape index (κ2) is 4.53. The number of ketones is 1. The van der Waals surface area contributed by atoms with Crippen molar-refractivity contribution >= 4 is 21.7 Å². The van der Waals surface area contributed by atoms with Crippen LogP contribution in [0.2, 0.25) is 0 Å². The fourth-order valence-electron chi connectivity index (χ4n) is 1.10. The number of rotatable bonds is 3. The van der Waals surface area contributed by atoms with E-state index in [0.29, 0.717) is 6.54 Å². The molecule has 0 fully saturated rings. The summed E-state index contributed by atoms with van der Waals surface area (Å²) in [6.45, 7) is 2.37. The molecular formula is C10H12BrNO. The zero-order valence-electron chi connectivity index (χ0n) is 7.73. The summed E-state index contributed by atoms with van der Waals surface area (Å²) in [5.41, 5.74) is 1.88. The van der Waals surface area contributed by atoms with E-state index in [1.54, 1.807) is 7.05 Å². The molecular weight excluding hydrogens is 230 g/mol. The molecule has 0 spiro atoms. The summed E-state index contributed by atoms with van der Waals surface area (Å²) in [5, 5.41) is 2.84. The quantitative estimate of drug-likeness (QED) is 0.823. The van der Waals surface area contributed by atoms with E-state index in [-0.39, 0.29) is 5.78 Å². The zero-order chi connectivity index (χ0) is 9.84. The Morgan fingerprint density at radius 1 is 1.54 bits per heavy atom. The molecule has 0 aliphatic carbocycles. The normalized spacial score (nSPS) is 10.1. The number of hydrogen-bond donors (Lipinski definition) is 1. The van der Waals surface area contributed by atoms with Crippen molar-refractivity contribution in [1.82, 2.24) is 5.32 Å². The summed E-state index contributed by atoms with van der Waals surface area (Å²) >= 11 is 3.37. The van der Waals surface area contributed by atoms with E-state index >= 15 is 0 Å². The van der Waals surface area contributed by atoms with Crippen LogP contribution in [0.1, 0.15) is 15.9 Å². The van der Waals surface area contributed by atoms with E-state index < -0.39 is 0 Å². The molecule has 0 aliphatic heterocycles. The summed E-state index contributed by atoms with van der Waals surface area (Å²) in [5.74, 6) is 0.106. The Morgan fingerprint density at radius 2 is 2.23 bits per heavy atom. The third-order valence-electron chi connectivity index (χ3n) is 1.76. The van der Waals surface area contributed by atoms with Crippen LogP contribution in [-0.4, -0.2) is 19.4 Å². The van der Waals surface area contributed by atoms with Gasteiger partial charge in [0, 0.05) is 10.0 Å². The lowest BCUT2D eigenvalue weighted by Crippen LogP contribution is -2.18. The maximum atomic E-state index is 11.5. The van der Waals surface area contributed by atoms with Gasteiger partial charge in [-0.15, -0.1) is 0 Å². The maximum absolute atomic E-state index is 11.5. The molecule has 1 N–H and O–H groups in total. The highest BCUT2D eigenvalue weighted by Gasteiger charge is 2.07. The van der Waals surface area contributed by atoms with E-state index in [1.807, 2.05) is 25.1 Å². The standard InChI is InChI=1S/C10H12BrNO/c1-7-3-4-8(9(11)5-7)10(13)6-12-2/h3-5,12H,6H2,1-2H3. The Kier molecular flexibility index (Phi) is 3.63. The van der Waals surface area contributed by atoms with Crippen LogP contribution in [0, 0.1) is 6.92 Å². The number of carbonyl (C=O) groups excluding carboxylic acids is 1. The highest BCUT2D eigenvalue weighted by Crippen LogP contribution is 2.18. The third kappa shape index (κ3) is 2.64. The van der Waals surface area contributed by atoms with Crippen molar-refractivity contribution in [3.05, 3.63) is 33.8 Å². The number of aryl methyl sites for hydroxylation is 1. The van der Waals surface area contributed by atoms with Gasteiger partial charge in [-0.1, -0.05) is 22.0 Å². The summed E-state index contributed by atoms with van der Waals surface area (Å²) < 4.78 is 0.868. The average Bonchev–Trinajstić information content (AvgIpc) is 2.04. The lowest BCUT2D eigenvalue weighted by atomic mass is 10.1. The minimum absolute atomic E-state index is 0.106. The molecule has 0 saturated carbocycles. The highest BCUT2D eigenvalue weighted by molar-refractivity contribution is 9.10. The predicted octanol–water partition coefficient (Wildman–Crippen LogP) is 2.16. The van der Waals surface area contributed by atoms with Crippen LogP contribution >= 0.6 is 15.9 Å². The molecule has 2 nitrogen and oxygen atoms in total. The monoisotopic (exact) mass is 241 g/mol. The van der Waals surface area contributed by atoms with Crippen LogP contribution < -0.4 is 5.32 Å². The van der Waals surface area contributed by atoms with Gasteiger partial charge in [0.05, 0.1) is 6.54 Å². The van der Waals surface area contributed by atoms with E-state index in [0.717, 1.165) is 15.6 Å². The molecule has 0 aromatic heterocycles. The number of hydrogen-bond acceptors (Lipinski definition) is 2. The molecule has 0 saturated heterocycles. The van der Waals surface area contributed by atoms with Crippen LogP contribution in [0.5, 0.6) is 0 Å². The molecule has 1 rings (SSSR count). The molecule has 0 amide bonds. The zero-order valence-corrected chi connectivity index (χ0v) is 9.31. The fourth-order valence-corrected chi connectivity index (χ4v) is 1.82. The molecule has 3 heteroatoms. The van der Waals surface area contributed by atoms with Crippen molar-refractivity contribution in [2.45, 2.75) is 6.92 Å². The molecule has 13 heavy (non-hydrogen) atoms. The van der Waals surface area contributed by atoms with Crippen LogP contribution in [0.3, 0.4) is 0 Å². The molecule has 0 heterocycles. The van der Waals surface area contributed by atoms with E-state index in [9.17, 15) is 4.79 Å². The summed E-state index contributed by atoms with van der Waals surface area (Å²) in [7, 11) is 1.76. The number of halogens is 1. The van der Waals surface area contributed by atoms with E-state index in [2.05, 4.69) is 21.2 Å². The Labute approximate surface area is 86.5 Å². The smallest absolute Gasteiger partial charge is 0.177 e. The van der Waals surface area contributed by atoms with Gasteiger partial charge in [0.15, 0.2) is 5.78 Å². The molecule has 1 aromatic carbocycles. The first-order valence-corrected chi connectivity index (χ1v) is 4.88. The molecule has 0 radical (unpaired) electrons. The van der Waals surface area contributed by atoms with Gasteiger partial charge in [-0.3, -0.25) is 4.79 Å². The van der Waals surface area contributed by atoms with Gasteiger partial charge in [-0.2, -0.15) is 0 Å². The highest BCUT2D eigenvalue weighted by atomic mass is 79.9. The van der Waals surface area contributed by atoms with Crippen molar-refractivity contribution < 1.29 is 4.79 Å². The first-order valence-electron chi connectivity index (χ1n) is 4.09. The first kappa shape index (κ1) is 10.4. The SMILES string of the molecule is CNCC(=O)c1ccc(C)cc1Br. The summed E-state index contributed by atoms with van der Waals surface area (Å²) in [6, 6.07) is 5.73. The third-order valence-corrected chi connectivity index (χ3v) is 2.42. The van der Waals surface area contributed by atoms with Gasteiger partial charge in [0.1, 0.15) is 0 Å². The number of likely N-dealkylation sites (N-methyl/N-ethyl adjacent to an activating group) is 1. The van der Waals surface area contributed by atoms with E-state index in [1.165, 1.54) is 0 Å². The number of benzene rings is 1. The van der Waals surface area contributed by atoms with Gasteiger partial charge >= 0.3 is 0 Å². The van der Waals surface area contributed by atoms with Crippen LogP contribution in [0.25, 0.3) is 0 Å². The Balaban J connectivity index is 2.95. The van der Waals surface area contributed by atoms with Gasteiger partial charge in [0.2, 0.25) is 0 Å². The molecule has 70 valence electrons. The predicted molar refractivity (Wildman–Crippen MR) is 57.1 cm³/mol. The van der Waals surface area contributed by atoms with Crippen molar-refractivity contribution in [3.63, 3.8) is 0 Å².